The Kier molecular flexibility index (Phi) is 5.02. The minimum atomic E-state index is -0.408. The monoisotopic (exact) mass is 421 g/mol. The molecule has 3 N–H and O–H groups in total. The van der Waals surface area contributed by atoms with Gasteiger partial charge in [-0.1, -0.05) is 30.3 Å². The fourth-order valence-corrected chi connectivity index (χ4v) is 3.81. The van der Waals surface area contributed by atoms with Crippen LogP contribution in [0.25, 0.3) is 11.3 Å². The number of hydrogen-bond donors (Lipinski definition) is 2. The molecule has 1 aliphatic rings. The molecule has 1 unspecified atom stereocenters. The number of nitrogens with zero attached hydrogens (tertiary/aromatic N) is 3. The zero-order chi connectivity index (χ0) is 21.9. The van der Waals surface area contributed by atoms with Gasteiger partial charge in [-0.3, -0.25) is 10.1 Å². The van der Waals surface area contributed by atoms with E-state index in [1.807, 2.05) is 66.7 Å². The number of aromatic nitrogens is 3. The van der Waals surface area contributed by atoms with Crippen molar-refractivity contribution in [2.45, 2.75) is 12.5 Å². The molecule has 156 valence electrons. The lowest BCUT2D eigenvalue weighted by molar-refractivity contribution is 0.306. The smallest absolute Gasteiger partial charge is 0.244 e. The summed E-state index contributed by atoms with van der Waals surface area (Å²) in [5.74, 6) is 0.775. The highest BCUT2D eigenvalue weighted by Gasteiger charge is 2.35. The van der Waals surface area contributed by atoms with E-state index in [4.69, 9.17) is 15.2 Å². The Labute approximate surface area is 184 Å². The molecule has 1 atom stereocenters. The van der Waals surface area contributed by atoms with E-state index in [2.05, 4.69) is 21.3 Å². The Morgan fingerprint density at radius 1 is 1.03 bits per heavy atom. The third-order valence-corrected chi connectivity index (χ3v) is 5.37. The van der Waals surface area contributed by atoms with Gasteiger partial charge in [0.2, 0.25) is 11.8 Å². The van der Waals surface area contributed by atoms with Crippen LogP contribution in [-0.4, -0.2) is 15.2 Å². The Hall–Kier alpha value is -4.57. The van der Waals surface area contributed by atoms with Crippen LogP contribution in [0, 0.1) is 11.3 Å². The second-order valence-corrected chi connectivity index (χ2v) is 7.32. The summed E-state index contributed by atoms with van der Waals surface area (Å²) >= 11 is 0. The van der Waals surface area contributed by atoms with Gasteiger partial charge < -0.3 is 15.2 Å². The fourth-order valence-electron chi connectivity index (χ4n) is 3.81. The highest BCUT2D eigenvalue weighted by Crippen LogP contribution is 2.45. The largest absolute Gasteiger partial charge is 0.489 e. The van der Waals surface area contributed by atoms with E-state index in [9.17, 15) is 5.26 Å². The number of benzene rings is 2. The molecule has 0 saturated carbocycles. The number of fused-ring (bicyclic) bond motifs is 1. The Bertz CT molecular complexity index is 1310. The van der Waals surface area contributed by atoms with Gasteiger partial charge in [-0.15, -0.1) is 5.10 Å². The van der Waals surface area contributed by atoms with Crippen molar-refractivity contribution in [3.8, 4) is 29.0 Å². The van der Waals surface area contributed by atoms with Crippen molar-refractivity contribution in [2.24, 2.45) is 5.73 Å². The lowest BCUT2D eigenvalue weighted by Crippen LogP contribution is -2.21. The lowest BCUT2D eigenvalue weighted by atomic mass is 9.83. The maximum Gasteiger partial charge on any atom is 0.244 e. The van der Waals surface area contributed by atoms with E-state index in [0.29, 0.717) is 18.1 Å². The molecule has 2 aromatic carbocycles. The zero-order valence-electron chi connectivity index (χ0n) is 17.0. The number of hydrogen-bond acceptors (Lipinski definition) is 6. The molecular formula is C25H19N5O2. The van der Waals surface area contributed by atoms with Crippen molar-refractivity contribution in [3.63, 3.8) is 0 Å². The number of nitrogens with one attached hydrogen (secondary N) is 1. The van der Waals surface area contributed by atoms with Crippen LogP contribution in [0.5, 0.6) is 11.6 Å². The van der Waals surface area contributed by atoms with Gasteiger partial charge in [0.25, 0.3) is 0 Å². The van der Waals surface area contributed by atoms with Crippen molar-refractivity contribution >= 4 is 0 Å². The predicted molar refractivity (Wildman–Crippen MR) is 118 cm³/mol. The minimum absolute atomic E-state index is 0.0597. The van der Waals surface area contributed by atoms with E-state index in [1.165, 1.54) is 0 Å². The number of nitriles is 1. The number of ether oxygens (including phenoxy) is 2. The standard InChI is InChI=1S/C25H19N5O2/c26-14-20-21(17-10-12-28-13-11-17)22-23(29-30-25(22)32-24(20)27)18-6-8-19(9-7-18)31-15-16-4-2-1-3-5-16/h1-13,21H,15,27H2,(H,29,30). The van der Waals surface area contributed by atoms with E-state index < -0.39 is 5.92 Å². The Balaban J connectivity index is 1.48. The SMILES string of the molecule is N#CC1=C(N)Oc2n[nH]c(-c3ccc(OCc4ccccc4)cc3)c2C1c1ccncc1. The van der Waals surface area contributed by atoms with Crippen molar-refractivity contribution in [3.05, 3.63) is 107 Å². The molecule has 0 spiro atoms. The lowest BCUT2D eigenvalue weighted by Gasteiger charge is -2.24. The molecule has 0 bridgehead atoms. The van der Waals surface area contributed by atoms with Crippen LogP contribution >= 0.6 is 0 Å². The third kappa shape index (κ3) is 3.55. The quantitative estimate of drug-likeness (QED) is 0.498. The zero-order valence-corrected chi connectivity index (χ0v) is 17.0. The molecule has 0 radical (unpaired) electrons. The summed E-state index contributed by atoms with van der Waals surface area (Å²) in [7, 11) is 0. The fraction of sp³-hybridized carbons (Fsp3) is 0.0800. The van der Waals surface area contributed by atoms with E-state index in [1.54, 1.807) is 12.4 Å². The van der Waals surface area contributed by atoms with Gasteiger partial charge in [0.05, 0.1) is 17.2 Å². The van der Waals surface area contributed by atoms with Crippen LogP contribution in [0.2, 0.25) is 0 Å². The minimum Gasteiger partial charge on any atom is -0.489 e. The Morgan fingerprint density at radius 3 is 2.50 bits per heavy atom. The third-order valence-electron chi connectivity index (χ3n) is 5.37. The molecule has 2 aromatic heterocycles. The van der Waals surface area contributed by atoms with E-state index in [0.717, 1.165) is 33.7 Å². The summed E-state index contributed by atoms with van der Waals surface area (Å²) in [5, 5.41) is 17.1. The molecular weight excluding hydrogens is 402 g/mol. The molecule has 3 heterocycles. The summed E-state index contributed by atoms with van der Waals surface area (Å²) in [4.78, 5) is 4.08. The first-order chi connectivity index (χ1) is 15.7. The van der Waals surface area contributed by atoms with Crippen molar-refractivity contribution in [1.29, 1.82) is 5.26 Å². The maximum atomic E-state index is 9.78. The van der Waals surface area contributed by atoms with Gasteiger partial charge in [-0.2, -0.15) is 5.26 Å². The summed E-state index contributed by atoms with van der Waals surface area (Å²) < 4.78 is 11.5. The average Bonchev–Trinajstić information content (AvgIpc) is 3.26. The highest BCUT2D eigenvalue weighted by atomic mass is 16.5. The first-order valence-corrected chi connectivity index (χ1v) is 10.1. The maximum absolute atomic E-state index is 9.78. The highest BCUT2D eigenvalue weighted by molar-refractivity contribution is 5.71. The van der Waals surface area contributed by atoms with Crippen molar-refractivity contribution in [2.75, 3.05) is 0 Å². The van der Waals surface area contributed by atoms with Crippen LogP contribution in [-0.2, 0) is 6.61 Å². The second kappa shape index (κ2) is 8.28. The normalized spacial score (nSPS) is 14.9. The van der Waals surface area contributed by atoms with Gasteiger partial charge in [-0.05, 0) is 47.5 Å². The molecule has 0 aliphatic carbocycles. The second-order valence-electron chi connectivity index (χ2n) is 7.32. The molecule has 4 aromatic rings. The van der Waals surface area contributed by atoms with Crippen LogP contribution in [0.3, 0.4) is 0 Å². The van der Waals surface area contributed by atoms with E-state index in [-0.39, 0.29) is 5.88 Å². The van der Waals surface area contributed by atoms with Gasteiger partial charge in [-0.25, -0.2) is 0 Å². The molecule has 7 nitrogen and oxygen atoms in total. The molecule has 0 amide bonds. The van der Waals surface area contributed by atoms with E-state index >= 15 is 0 Å². The number of allylic oxidation sites excluding steroid dienone is 1. The number of H-pyrrole nitrogens is 1. The van der Waals surface area contributed by atoms with Crippen LogP contribution in [0.4, 0.5) is 0 Å². The molecule has 0 saturated heterocycles. The van der Waals surface area contributed by atoms with Gasteiger partial charge in [0, 0.05) is 18.0 Å². The topological polar surface area (TPSA) is 110 Å². The van der Waals surface area contributed by atoms with Crippen molar-refractivity contribution < 1.29 is 9.47 Å². The predicted octanol–water partition coefficient (Wildman–Crippen LogP) is 4.27. The summed E-state index contributed by atoms with van der Waals surface area (Å²) in [6.45, 7) is 0.493. The summed E-state index contributed by atoms with van der Waals surface area (Å²) in [6.07, 6.45) is 3.38. The molecule has 1 aliphatic heterocycles. The van der Waals surface area contributed by atoms with Crippen LogP contribution in [0.15, 0.2) is 90.6 Å². The van der Waals surface area contributed by atoms with Crippen molar-refractivity contribution in [1.82, 2.24) is 15.2 Å². The molecule has 0 fully saturated rings. The molecule has 7 heteroatoms. The van der Waals surface area contributed by atoms with Crippen LogP contribution in [0.1, 0.15) is 22.6 Å². The Morgan fingerprint density at radius 2 is 1.78 bits per heavy atom. The first-order valence-electron chi connectivity index (χ1n) is 10.1. The first kappa shape index (κ1) is 19.4. The van der Waals surface area contributed by atoms with Gasteiger partial charge >= 0.3 is 0 Å². The molecule has 5 rings (SSSR count). The number of pyridine rings is 1. The summed E-state index contributed by atoms with van der Waals surface area (Å²) in [6, 6.07) is 23.6. The summed E-state index contributed by atoms with van der Waals surface area (Å²) in [5.41, 5.74) is 10.8. The van der Waals surface area contributed by atoms with Crippen LogP contribution < -0.4 is 15.2 Å². The average molecular weight is 421 g/mol. The van der Waals surface area contributed by atoms with Gasteiger partial charge in [0.1, 0.15) is 24.0 Å². The number of aromatic amines is 1. The molecule has 32 heavy (non-hydrogen) atoms. The van der Waals surface area contributed by atoms with Gasteiger partial charge in [0.15, 0.2) is 0 Å². The number of rotatable bonds is 5. The number of nitrogens with two attached hydrogens (primary N) is 1.